The lowest BCUT2D eigenvalue weighted by Crippen LogP contribution is -2.30. The number of nitro groups is 1. The van der Waals surface area contributed by atoms with Crippen molar-refractivity contribution < 1.29 is 14.8 Å². The van der Waals surface area contributed by atoms with E-state index in [-0.39, 0.29) is 22.8 Å². The van der Waals surface area contributed by atoms with Gasteiger partial charge in [-0.1, -0.05) is 11.6 Å². The molecule has 0 spiro atoms. The first-order chi connectivity index (χ1) is 7.91. The largest absolute Gasteiger partial charge is 0.392 e. The van der Waals surface area contributed by atoms with Crippen LogP contribution in [0.4, 0.5) is 5.69 Å². The van der Waals surface area contributed by atoms with Crippen LogP contribution in [0, 0.1) is 10.1 Å². The quantitative estimate of drug-likeness (QED) is 0.630. The predicted octanol–water partition coefficient (Wildman–Crippen LogP) is 1.36. The fourth-order valence-corrected chi connectivity index (χ4v) is 1.40. The Morgan fingerprint density at radius 1 is 1.65 bits per heavy atom. The van der Waals surface area contributed by atoms with Crippen LogP contribution in [-0.4, -0.2) is 28.6 Å². The third-order valence-electron chi connectivity index (χ3n) is 1.97. The molecule has 1 rings (SSSR count). The molecule has 1 amide bonds. The van der Waals surface area contributed by atoms with E-state index >= 15 is 0 Å². The molecule has 0 unspecified atom stereocenters. The van der Waals surface area contributed by atoms with Gasteiger partial charge in [-0.2, -0.15) is 0 Å². The van der Waals surface area contributed by atoms with E-state index in [2.05, 4.69) is 5.32 Å². The Morgan fingerprint density at radius 3 is 2.76 bits per heavy atom. The second-order valence-electron chi connectivity index (χ2n) is 3.48. The average molecular weight is 259 g/mol. The fraction of sp³-hybridized carbons (Fsp3) is 0.300. The van der Waals surface area contributed by atoms with Crippen LogP contribution in [0.25, 0.3) is 0 Å². The lowest BCUT2D eigenvalue weighted by molar-refractivity contribution is -0.384. The SMILES string of the molecule is C[C@@H](O)CNC(=O)c1ccc([N+](=O)[O-])cc1Cl. The summed E-state index contributed by atoms with van der Waals surface area (Å²) in [6.45, 7) is 1.61. The molecule has 17 heavy (non-hydrogen) atoms. The first-order valence-electron chi connectivity index (χ1n) is 4.82. The number of aliphatic hydroxyl groups excluding tert-OH is 1. The van der Waals surface area contributed by atoms with Gasteiger partial charge in [0.2, 0.25) is 0 Å². The smallest absolute Gasteiger partial charge is 0.270 e. The number of nitrogens with one attached hydrogen (secondary N) is 1. The molecule has 0 saturated carbocycles. The molecule has 0 fully saturated rings. The average Bonchev–Trinajstić information content (AvgIpc) is 2.25. The Hall–Kier alpha value is -1.66. The Kier molecular flexibility index (Phi) is 4.42. The zero-order valence-electron chi connectivity index (χ0n) is 9.01. The number of carbonyl (C=O) groups is 1. The van der Waals surface area contributed by atoms with E-state index in [1.165, 1.54) is 19.1 Å². The normalized spacial score (nSPS) is 11.9. The number of nitrogens with zero attached hydrogens (tertiary/aromatic N) is 1. The van der Waals surface area contributed by atoms with Crippen molar-refractivity contribution in [3.8, 4) is 0 Å². The Balaban J connectivity index is 2.85. The first-order valence-corrected chi connectivity index (χ1v) is 5.20. The van der Waals surface area contributed by atoms with Crippen LogP contribution in [0.15, 0.2) is 18.2 Å². The molecule has 1 aromatic rings. The Bertz CT molecular complexity index is 448. The number of carbonyl (C=O) groups excluding carboxylic acids is 1. The summed E-state index contributed by atoms with van der Waals surface area (Å²) >= 11 is 5.76. The van der Waals surface area contributed by atoms with Gasteiger partial charge in [-0.3, -0.25) is 14.9 Å². The van der Waals surface area contributed by atoms with Gasteiger partial charge in [-0.15, -0.1) is 0 Å². The molecule has 7 heteroatoms. The van der Waals surface area contributed by atoms with Gasteiger partial charge in [0.15, 0.2) is 0 Å². The zero-order valence-corrected chi connectivity index (χ0v) is 9.77. The van der Waals surface area contributed by atoms with Crippen molar-refractivity contribution in [2.75, 3.05) is 6.54 Å². The van der Waals surface area contributed by atoms with Crippen molar-refractivity contribution in [3.05, 3.63) is 38.9 Å². The van der Waals surface area contributed by atoms with E-state index in [9.17, 15) is 14.9 Å². The third-order valence-corrected chi connectivity index (χ3v) is 2.28. The van der Waals surface area contributed by atoms with Crippen LogP contribution < -0.4 is 5.32 Å². The summed E-state index contributed by atoms with van der Waals surface area (Å²) in [5, 5.41) is 21.9. The highest BCUT2D eigenvalue weighted by atomic mass is 35.5. The maximum Gasteiger partial charge on any atom is 0.270 e. The molecule has 0 aromatic heterocycles. The monoisotopic (exact) mass is 258 g/mol. The highest BCUT2D eigenvalue weighted by molar-refractivity contribution is 6.34. The molecule has 6 nitrogen and oxygen atoms in total. The van der Waals surface area contributed by atoms with Crippen molar-refractivity contribution in [1.82, 2.24) is 5.32 Å². The number of hydrogen-bond donors (Lipinski definition) is 2. The second-order valence-corrected chi connectivity index (χ2v) is 3.89. The molecule has 0 bridgehead atoms. The molecule has 1 aromatic carbocycles. The molecule has 2 N–H and O–H groups in total. The number of amides is 1. The van der Waals surface area contributed by atoms with Crippen LogP contribution in [0.2, 0.25) is 5.02 Å². The molecule has 0 aliphatic carbocycles. The summed E-state index contributed by atoms with van der Waals surface area (Å²) in [5.74, 6) is -0.481. The summed E-state index contributed by atoms with van der Waals surface area (Å²) in [5.41, 5.74) is -0.0417. The number of hydrogen-bond acceptors (Lipinski definition) is 4. The number of aliphatic hydroxyl groups is 1. The van der Waals surface area contributed by atoms with Crippen molar-refractivity contribution in [2.45, 2.75) is 13.0 Å². The van der Waals surface area contributed by atoms with E-state index in [1.807, 2.05) is 0 Å². The minimum atomic E-state index is -0.671. The minimum absolute atomic E-state index is 0.00212. The molecule has 0 aliphatic rings. The number of nitro benzene ring substituents is 1. The number of halogens is 1. The summed E-state index contributed by atoms with van der Waals surface area (Å²) in [4.78, 5) is 21.4. The molecule has 92 valence electrons. The maximum atomic E-state index is 11.6. The van der Waals surface area contributed by atoms with Gasteiger partial charge < -0.3 is 10.4 Å². The fourth-order valence-electron chi connectivity index (χ4n) is 1.14. The second kappa shape index (κ2) is 5.60. The Labute approximate surface area is 102 Å². The maximum absolute atomic E-state index is 11.6. The number of rotatable bonds is 4. The van der Waals surface area contributed by atoms with Crippen LogP contribution >= 0.6 is 11.6 Å². The molecule has 0 saturated heterocycles. The van der Waals surface area contributed by atoms with Crippen molar-refractivity contribution in [2.24, 2.45) is 0 Å². The van der Waals surface area contributed by atoms with E-state index in [4.69, 9.17) is 16.7 Å². The van der Waals surface area contributed by atoms with Gasteiger partial charge in [0.05, 0.1) is 21.6 Å². The van der Waals surface area contributed by atoms with Gasteiger partial charge >= 0.3 is 0 Å². The number of non-ortho nitro benzene ring substituents is 1. The number of benzene rings is 1. The van der Waals surface area contributed by atoms with Gasteiger partial charge in [-0.05, 0) is 13.0 Å². The van der Waals surface area contributed by atoms with Crippen LogP contribution in [-0.2, 0) is 0 Å². The van der Waals surface area contributed by atoms with Crippen LogP contribution in [0.3, 0.4) is 0 Å². The molecule has 0 radical (unpaired) electrons. The summed E-state index contributed by atoms with van der Waals surface area (Å²) in [7, 11) is 0. The van der Waals surface area contributed by atoms with Gasteiger partial charge in [0.25, 0.3) is 11.6 Å². The van der Waals surface area contributed by atoms with Crippen LogP contribution in [0.1, 0.15) is 17.3 Å². The molecule has 1 atom stereocenters. The van der Waals surface area contributed by atoms with Crippen molar-refractivity contribution in [3.63, 3.8) is 0 Å². The standard InChI is InChI=1S/C10H11ClN2O4/c1-6(14)5-12-10(15)8-3-2-7(13(16)17)4-9(8)11/h2-4,6,14H,5H2,1H3,(H,12,15)/t6-/m1/s1. The highest BCUT2D eigenvalue weighted by Gasteiger charge is 2.14. The van der Waals surface area contributed by atoms with Crippen molar-refractivity contribution in [1.29, 1.82) is 0 Å². The third kappa shape index (κ3) is 3.69. The lowest BCUT2D eigenvalue weighted by atomic mass is 10.2. The van der Waals surface area contributed by atoms with E-state index in [0.29, 0.717) is 0 Å². The molecule has 0 heterocycles. The topological polar surface area (TPSA) is 92.5 Å². The molecule has 0 aliphatic heterocycles. The highest BCUT2D eigenvalue weighted by Crippen LogP contribution is 2.22. The minimum Gasteiger partial charge on any atom is -0.392 e. The summed E-state index contributed by atoms with van der Waals surface area (Å²) in [6, 6.07) is 3.58. The first kappa shape index (κ1) is 13.4. The lowest BCUT2D eigenvalue weighted by Gasteiger charge is -2.08. The van der Waals surface area contributed by atoms with Crippen molar-refractivity contribution >= 4 is 23.2 Å². The van der Waals surface area contributed by atoms with Gasteiger partial charge in [-0.25, -0.2) is 0 Å². The van der Waals surface area contributed by atoms with E-state index < -0.39 is 16.9 Å². The van der Waals surface area contributed by atoms with Crippen LogP contribution in [0.5, 0.6) is 0 Å². The summed E-state index contributed by atoms with van der Waals surface area (Å²) in [6.07, 6.45) is -0.671. The van der Waals surface area contributed by atoms with Gasteiger partial charge in [0.1, 0.15) is 0 Å². The molecular formula is C10H11ClN2O4. The van der Waals surface area contributed by atoms with E-state index in [1.54, 1.807) is 0 Å². The Morgan fingerprint density at radius 2 is 2.29 bits per heavy atom. The summed E-state index contributed by atoms with van der Waals surface area (Å²) < 4.78 is 0. The van der Waals surface area contributed by atoms with Gasteiger partial charge in [0, 0.05) is 18.7 Å². The molecular weight excluding hydrogens is 248 g/mol. The van der Waals surface area contributed by atoms with E-state index in [0.717, 1.165) is 6.07 Å². The zero-order chi connectivity index (χ0) is 13.0. The predicted molar refractivity (Wildman–Crippen MR) is 62.1 cm³/mol.